The second-order valence-corrected chi connectivity index (χ2v) is 7.07. The molecular formula is C21H24N4O3. The summed E-state index contributed by atoms with van der Waals surface area (Å²) in [7, 11) is 0. The standard InChI is InChI=1S/C21H24N4O3/c1-14(2)13-24-15(3)9-18(16(24)4)10-19(11-22)21(26)23-12-17-7-5-6-8-20(17)25(27)28/h5-10,14H,12-13H2,1-4H3,(H,23,26)/b19-10-. The fraction of sp³-hybridized carbons (Fsp3) is 0.333. The van der Waals surface area contributed by atoms with Gasteiger partial charge in [-0.15, -0.1) is 0 Å². The van der Waals surface area contributed by atoms with Crippen LogP contribution in [0.2, 0.25) is 0 Å². The maximum absolute atomic E-state index is 12.4. The maximum Gasteiger partial charge on any atom is 0.274 e. The van der Waals surface area contributed by atoms with Crippen molar-refractivity contribution in [1.29, 1.82) is 5.26 Å². The largest absolute Gasteiger partial charge is 0.348 e. The van der Waals surface area contributed by atoms with Crippen molar-refractivity contribution >= 4 is 17.7 Å². The molecule has 7 nitrogen and oxygen atoms in total. The molecule has 0 unspecified atom stereocenters. The molecule has 0 radical (unpaired) electrons. The van der Waals surface area contributed by atoms with Crippen molar-refractivity contribution in [3.63, 3.8) is 0 Å². The Morgan fingerprint density at radius 3 is 2.64 bits per heavy atom. The number of nitrogens with zero attached hydrogens (tertiary/aromatic N) is 3. The average molecular weight is 380 g/mol. The number of carbonyl (C=O) groups is 1. The first kappa shape index (κ1) is 20.9. The number of hydrogen-bond donors (Lipinski definition) is 1. The molecule has 2 aromatic rings. The van der Waals surface area contributed by atoms with Crippen LogP contribution in [-0.4, -0.2) is 15.4 Å². The highest BCUT2D eigenvalue weighted by molar-refractivity contribution is 6.01. The Labute approximate surface area is 164 Å². The van der Waals surface area contributed by atoms with Gasteiger partial charge in [-0.25, -0.2) is 0 Å². The number of aryl methyl sites for hydroxylation is 1. The molecule has 1 aromatic heterocycles. The lowest BCUT2D eigenvalue weighted by Gasteiger charge is -2.12. The normalized spacial score (nSPS) is 11.4. The van der Waals surface area contributed by atoms with E-state index in [9.17, 15) is 20.2 Å². The Balaban J connectivity index is 2.21. The lowest BCUT2D eigenvalue weighted by Crippen LogP contribution is -2.24. The van der Waals surface area contributed by atoms with Gasteiger partial charge in [0.05, 0.1) is 4.92 Å². The summed E-state index contributed by atoms with van der Waals surface area (Å²) in [6.07, 6.45) is 1.56. The summed E-state index contributed by atoms with van der Waals surface area (Å²) in [5.41, 5.74) is 3.15. The number of nitro benzene ring substituents is 1. The third kappa shape index (κ3) is 4.86. The van der Waals surface area contributed by atoms with Gasteiger partial charge in [-0.05, 0) is 37.5 Å². The topological polar surface area (TPSA) is 101 Å². The smallest absolute Gasteiger partial charge is 0.274 e. The molecule has 0 aliphatic carbocycles. The summed E-state index contributed by atoms with van der Waals surface area (Å²) in [6.45, 7) is 9.05. The highest BCUT2D eigenvalue weighted by Crippen LogP contribution is 2.20. The molecule has 1 N–H and O–H groups in total. The molecule has 1 aromatic carbocycles. The molecule has 0 fully saturated rings. The summed E-state index contributed by atoms with van der Waals surface area (Å²) in [5, 5.41) is 23.1. The van der Waals surface area contributed by atoms with Gasteiger partial charge >= 0.3 is 0 Å². The van der Waals surface area contributed by atoms with Crippen LogP contribution < -0.4 is 5.32 Å². The first-order chi connectivity index (χ1) is 13.2. The van der Waals surface area contributed by atoms with Crippen LogP contribution in [0.5, 0.6) is 0 Å². The molecule has 1 amide bonds. The van der Waals surface area contributed by atoms with Crippen LogP contribution >= 0.6 is 0 Å². The number of hydrogen-bond acceptors (Lipinski definition) is 4. The van der Waals surface area contributed by atoms with Gasteiger partial charge < -0.3 is 9.88 Å². The number of nitrogens with one attached hydrogen (secondary N) is 1. The Kier molecular flexibility index (Phi) is 6.72. The molecule has 1 heterocycles. The fourth-order valence-corrected chi connectivity index (χ4v) is 3.03. The van der Waals surface area contributed by atoms with E-state index in [1.807, 2.05) is 26.0 Å². The highest BCUT2D eigenvalue weighted by Gasteiger charge is 2.16. The lowest BCUT2D eigenvalue weighted by molar-refractivity contribution is -0.385. The molecule has 146 valence electrons. The zero-order valence-corrected chi connectivity index (χ0v) is 16.5. The van der Waals surface area contributed by atoms with Gasteiger partial charge in [0.15, 0.2) is 0 Å². The molecule has 0 spiro atoms. The minimum atomic E-state index is -0.561. The molecule has 28 heavy (non-hydrogen) atoms. The Bertz CT molecular complexity index is 965. The molecular weight excluding hydrogens is 356 g/mol. The highest BCUT2D eigenvalue weighted by atomic mass is 16.6. The van der Waals surface area contributed by atoms with Crippen molar-refractivity contribution in [1.82, 2.24) is 9.88 Å². The van der Waals surface area contributed by atoms with Gasteiger partial charge in [0.1, 0.15) is 11.6 Å². The van der Waals surface area contributed by atoms with Crippen molar-refractivity contribution in [3.05, 3.63) is 68.5 Å². The minimum absolute atomic E-state index is 0.0264. The lowest BCUT2D eigenvalue weighted by atomic mass is 10.1. The van der Waals surface area contributed by atoms with E-state index in [-0.39, 0.29) is 17.8 Å². The van der Waals surface area contributed by atoms with Crippen molar-refractivity contribution in [3.8, 4) is 6.07 Å². The van der Waals surface area contributed by atoms with Crippen LogP contribution in [0.1, 0.15) is 36.4 Å². The van der Waals surface area contributed by atoms with E-state index < -0.39 is 10.8 Å². The summed E-state index contributed by atoms with van der Waals surface area (Å²) >= 11 is 0. The van der Waals surface area contributed by atoms with Crippen molar-refractivity contribution in [2.45, 2.75) is 40.8 Å². The number of amides is 1. The number of benzene rings is 1. The number of carbonyl (C=O) groups excluding carboxylic acids is 1. The van der Waals surface area contributed by atoms with E-state index in [1.165, 1.54) is 6.07 Å². The molecule has 0 saturated heterocycles. The van der Waals surface area contributed by atoms with Crippen LogP contribution in [0.15, 0.2) is 35.9 Å². The summed E-state index contributed by atoms with van der Waals surface area (Å²) < 4.78 is 2.16. The number of rotatable bonds is 7. The van der Waals surface area contributed by atoms with Gasteiger partial charge in [-0.3, -0.25) is 14.9 Å². The molecule has 0 atom stereocenters. The van der Waals surface area contributed by atoms with Gasteiger partial charge in [0.25, 0.3) is 11.6 Å². The van der Waals surface area contributed by atoms with Gasteiger partial charge in [0.2, 0.25) is 0 Å². The van der Waals surface area contributed by atoms with Crippen LogP contribution in [0.4, 0.5) is 5.69 Å². The quantitative estimate of drug-likeness (QED) is 0.341. The number of nitriles is 1. The van der Waals surface area contributed by atoms with Crippen LogP contribution in [0, 0.1) is 41.2 Å². The summed E-state index contributed by atoms with van der Waals surface area (Å²) in [4.78, 5) is 23.0. The second-order valence-electron chi connectivity index (χ2n) is 7.07. The predicted molar refractivity (Wildman–Crippen MR) is 107 cm³/mol. The zero-order valence-electron chi connectivity index (χ0n) is 16.5. The number of para-hydroxylation sites is 1. The Hall–Kier alpha value is -3.40. The zero-order chi connectivity index (χ0) is 20.8. The first-order valence-corrected chi connectivity index (χ1v) is 9.03. The molecule has 2 rings (SSSR count). The molecule has 0 aliphatic rings. The van der Waals surface area contributed by atoms with E-state index in [4.69, 9.17) is 0 Å². The van der Waals surface area contributed by atoms with Gasteiger partial charge in [-0.1, -0.05) is 32.0 Å². The van der Waals surface area contributed by atoms with Gasteiger partial charge in [0, 0.05) is 36.1 Å². The molecule has 0 bridgehead atoms. The van der Waals surface area contributed by atoms with Crippen molar-refractivity contribution in [2.75, 3.05) is 0 Å². The predicted octanol–water partition coefficient (Wildman–Crippen LogP) is 3.89. The molecule has 0 aliphatic heterocycles. The van der Waals surface area contributed by atoms with E-state index >= 15 is 0 Å². The third-order valence-electron chi connectivity index (χ3n) is 4.45. The van der Waals surface area contributed by atoms with E-state index in [0.717, 1.165) is 23.5 Å². The first-order valence-electron chi connectivity index (χ1n) is 9.03. The van der Waals surface area contributed by atoms with Crippen molar-refractivity contribution < 1.29 is 9.72 Å². The average Bonchev–Trinajstić information content (AvgIpc) is 2.91. The van der Waals surface area contributed by atoms with Crippen LogP contribution in [0.25, 0.3) is 6.08 Å². The SMILES string of the molecule is Cc1cc(/C=C(/C#N)C(=O)NCc2ccccc2[N+](=O)[O-])c(C)n1CC(C)C. The maximum atomic E-state index is 12.4. The third-order valence-corrected chi connectivity index (χ3v) is 4.45. The Morgan fingerprint density at radius 1 is 1.36 bits per heavy atom. The monoisotopic (exact) mass is 380 g/mol. The van der Waals surface area contributed by atoms with Gasteiger partial charge in [-0.2, -0.15) is 5.26 Å². The van der Waals surface area contributed by atoms with Crippen molar-refractivity contribution in [2.24, 2.45) is 5.92 Å². The number of aromatic nitrogens is 1. The second kappa shape index (κ2) is 9.00. The fourth-order valence-electron chi connectivity index (χ4n) is 3.03. The summed E-state index contributed by atoms with van der Waals surface area (Å²) in [6, 6.07) is 10.1. The number of nitro groups is 1. The minimum Gasteiger partial charge on any atom is -0.348 e. The van der Waals surface area contributed by atoms with Crippen LogP contribution in [0.3, 0.4) is 0 Å². The van der Waals surface area contributed by atoms with Crippen LogP contribution in [-0.2, 0) is 17.9 Å². The summed E-state index contributed by atoms with van der Waals surface area (Å²) in [5.74, 6) is -0.0867. The molecule has 0 saturated carbocycles. The van der Waals surface area contributed by atoms with E-state index in [2.05, 4.69) is 23.7 Å². The van der Waals surface area contributed by atoms with E-state index in [1.54, 1.807) is 24.3 Å². The molecule has 7 heteroatoms. The Morgan fingerprint density at radius 2 is 2.04 bits per heavy atom. The van der Waals surface area contributed by atoms with E-state index in [0.29, 0.717) is 11.5 Å².